The third kappa shape index (κ3) is 2.27. The molecule has 5 heteroatoms. The van der Waals surface area contributed by atoms with Gasteiger partial charge < -0.3 is 9.90 Å². The molecular formula is C8H12N3O2-. The molecule has 72 valence electrons. The van der Waals surface area contributed by atoms with Crippen LogP contribution < -0.4 is 5.11 Å². The largest absolute Gasteiger partial charge is 0.550 e. The van der Waals surface area contributed by atoms with E-state index in [1.807, 2.05) is 0 Å². The highest BCUT2D eigenvalue weighted by molar-refractivity contribution is 5.66. The van der Waals surface area contributed by atoms with Crippen molar-refractivity contribution < 1.29 is 9.90 Å². The first-order valence-corrected chi connectivity index (χ1v) is 4.09. The maximum atomic E-state index is 10.4. The Hall–Kier alpha value is -1.39. The number of aliphatic carboxylic acids is 1. The standard InChI is InChI=1S/C8H13N3O2/c1-5(8(12)13)4-11-7(3)9-6(2)10-11/h5H,4H2,1-3H3,(H,12,13)/p-1/t5-/m1/s1. The van der Waals surface area contributed by atoms with Crippen molar-refractivity contribution in [3.63, 3.8) is 0 Å². The van der Waals surface area contributed by atoms with Gasteiger partial charge in [-0.25, -0.2) is 9.67 Å². The number of hydrogen-bond donors (Lipinski definition) is 0. The van der Waals surface area contributed by atoms with Crippen LogP contribution in [0.5, 0.6) is 0 Å². The van der Waals surface area contributed by atoms with Gasteiger partial charge in [0, 0.05) is 11.9 Å². The minimum atomic E-state index is -1.06. The van der Waals surface area contributed by atoms with Gasteiger partial charge in [-0.05, 0) is 13.8 Å². The Kier molecular flexibility index (Phi) is 2.65. The fourth-order valence-corrected chi connectivity index (χ4v) is 1.07. The molecule has 0 N–H and O–H groups in total. The zero-order valence-electron chi connectivity index (χ0n) is 7.94. The lowest BCUT2D eigenvalue weighted by Crippen LogP contribution is -2.32. The van der Waals surface area contributed by atoms with Gasteiger partial charge in [-0.1, -0.05) is 6.92 Å². The molecule has 0 bridgehead atoms. The van der Waals surface area contributed by atoms with Crippen LogP contribution in [0, 0.1) is 19.8 Å². The molecule has 0 radical (unpaired) electrons. The lowest BCUT2D eigenvalue weighted by molar-refractivity contribution is -0.311. The monoisotopic (exact) mass is 182 g/mol. The van der Waals surface area contributed by atoms with Crippen LogP contribution in [0.15, 0.2) is 0 Å². The number of rotatable bonds is 3. The minimum Gasteiger partial charge on any atom is -0.550 e. The first-order chi connectivity index (χ1) is 6.00. The third-order valence-corrected chi connectivity index (χ3v) is 1.81. The van der Waals surface area contributed by atoms with Crippen molar-refractivity contribution >= 4 is 5.97 Å². The summed E-state index contributed by atoms with van der Waals surface area (Å²) in [5, 5.41) is 14.5. The predicted octanol–water partition coefficient (Wildman–Crippen LogP) is -0.719. The fourth-order valence-electron chi connectivity index (χ4n) is 1.07. The summed E-state index contributed by atoms with van der Waals surface area (Å²) in [6.07, 6.45) is 0. The zero-order chi connectivity index (χ0) is 10.0. The van der Waals surface area contributed by atoms with Crippen LogP contribution in [0.1, 0.15) is 18.6 Å². The lowest BCUT2D eigenvalue weighted by atomic mass is 10.2. The Morgan fingerprint density at radius 1 is 1.62 bits per heavy atom. The number of carboxylic acid groups (broad SMARTS) is 1. The first-order valence-electron chi connectivity index (χ1n) is 4.09. The van der Waals surface area contributed by atoms with Crippen molar-refractivity contribution in [1.29, 1.82) is 0 Å². The molecule has 1 aromatic rings. The van der Waals surface area contributed by atoms with Gasteiger partial charge in [0.25, 0.3) is 0 Å². The highest BCUT2D eigenvalue weighted by Gasteiger charge is 2.07. The fraction of sp³-hybridized carbons (Fsp3) is 0.625. The SMILES string of the molecule is Cc1nc(C)n(C[C@@H](C)C(=O)[O-])n1. The average Bonchev–Trinajstić information content (AvgIpc) is 2.30. The minimum absolute atomic E-state index is 0.314. The molecule has 1 aromatic heterocycles. The third-order valence-electron chi connectivity index (χ3n) is 1.81. The Labute approximate surface area is 76.4 Å². The van der Waals surface area contributed by atoms with E-state index in [-0.39, 0.29) is 0 Å². The van der Waals surface area contributed by atoms with Crippen molar-refractivity contribution in [2.45, 2.75) is 27.3 Å². The van der Waals surface area contributed by atoms with Crippen molar-refractivity contribution in [1.82, 2.24) is 14.8 Å². The molecule has 13 heavy (non-hydrogen) atoms. The molecule has 1 atom stereocenters. The molecule has 0 aliphatic heterocycles. The van der Waals surface area contributed by atoms with Gasteiger partial charge in [-0.15, -0.1) is 0 Å². The highest BCUT2D eigenvalue weighted by atomic mass is 16.4. The van der Waals surface area contributed by atoms with Crippen LogP contribution in [0.3, 0.4) is 0 Å². The summed E-state index contributed by atoms with van der Waals surface area (Å²) >= 11 is 0. The molecule has 0 unspecified atom stereocenters. The molecule has 0 saturated heterocycles. The van der Waals surface area contributed by atoms with Gasteiger partial charge >= 0.3 is 0 Å². The van der Waals surface area contributed by atoms with Crippen LogP contribution in [-0.2, 0) is 11.3 Å². The average molecular weight is 182 g/mol. The Morgan fingerprint density at radius 3 is 2.62 bits per heavy atom. The van der Waals surface area contributed by atoms with E-state index in [1.165, 1.54) is 0 Å². The first kappa shape index (κ1) is 9.70. The van der Waals surface area contributed by atoms with E-state index in [0.717, 1.165) is 5.82 Å². The predicted molar refractivity (Wildman–Crippen MR) is 43.7 cm³/mol. The number of carbonyl (C=O) groups is 1. The van der Waals surface area contributed by atoms with Gasteiger partial charge in [0.15, 0.2) is 0 Å². The number of aryl methyl sites for hydroxylation is 2. The zero-order valence-corrected chi connectivity index (χ0v) is 7.94. The van der Waals surface area contributed by atoms with E-state index in [4.69, 9.17) is 0 Å². The molecule has 0 aromatic carbocycles. The van der Waals surface area contributed by atoms with Crippen molar-refractivity contribution in [3.8, 4) is 0 Å². The lowest BCUT2D eigenvalue weighted by Gasteiger charge is -2.12. The molecule has 0 amide bonds. The van der Waals surface area contributed by atoms with E-state index in [2.05, 4.69) is 10.1 Å². The molecule has 0 spiro atoms. The number of nitrogens with zero attached hydrogens (tertiary/aromatic N) is 3. The van der Waals surface area contributed by atoms with Crippen LogP contribution in [0.4, 0.5) is 0 Å². The van der Waals surface area contributed by atoms with Gasteiger partial charge in [0.1, 0.15) is 11.6 Å². The molecule has 0 aliphatic carbocycles. The van der Waals surface area contributed by atoms with Crippen molar-refractivity contribution in [2.75, 3.05) is 0 Å². The number of hydrogen-bond acceptors (Lipinski definition) is 4. The maximum Gasteiger partial charge on any atom is 0.147 e. The number of aromatic nitrogens is 3. The van der Waals surface area contributed by atoms with Crippen LogP contribution in [0.2, 0.25) is 0 Å². The van der Waals surface area contributed by atoms with E-state index in [0.29, 0.717) is 12.4 Å². The highest BCUT2D eigenvalue weighted by Crippen LogP contribution is 2.01. The van der Waals surface area contributed by atoms with E-state index < -0.39 is 11.9 Å². The molecule has 1 rings (SSSR count). The van der Waals surface area contributed by atoms with Gasteiger partial charge in [0.05, 0.1) is 6.54 Å². The molecule has 5 nitrogen and oxygen atoms in total. The number of carboxylic acids is 1. The Balaban J connectivity index is 2.74. The normalized spacial score (nSPS) is 12.8. The van der Waals surface area contributed by atoms with E-state index in [9.17, 15) is 9.90 Å². The molecule has 0 aliphatic rings. The van der Waals surface area contributed by atoms with Gasteiger partial charge in [-0.3, -0.25) is 0 Å². The summed E-state index contributed by atoms with van der Waals surface area (Å²) in [6, 6.07) is 0. The molecule has 1 heterocycles. The second-order valence-corrected chi connectivity index (χ2v) is 3.11. The summed E-state index contributed by atoms with van der Waals surface area (Å²) in [7, 11) is 0. The molecule has 0 fully saturated rings. The Bertz CT molecular complexity index is 319. The molecule has 0 saturated carbocycles. The topological polar surface area (TPSA) is 70.8 Å². The van der Waals surface area contributed by atoms with Crippen LogP contribution in [-0.4, -0.2) is 20.7 Å². The van der Waals surface area contributed by atoms with Crippen LogP contribution in [0.25, 0.3) is 0 Å². The summed E-state index contributed by atoms with van der Waals surface area (Å²) < 4.78 is 1.58. The van der Waals surface area contributed by atoms with E-state index in [1.54, 1.807) is 25.5 Å². The Morgan fingerprint density at radius 2 is 2.23 bits per heavy atom. The summed E-state index contributed by atoms with van der Waals surface area (Å²) in [6.45, 7) is 5.47. The smallest absolute Gasteiger partial charge is 0.147 e. The summed E-state index contributed by atoms with van der Waals surface area (Å²) in [5.74, 6) is -0.221. The second kappa shape index (κ2) is 3.55. The summed E-state index contributed by atoms with van der Waals surface area (Å²) in [5.41, 5.74) is 0. The van der Waals surface area contributed by atoms with Crippen molar-refractivity contribution in [3.05, 3.63) is 11.6 Å². The quantitative estimate of drug-likeness (QED) is 0.618. The van der Waals surface area contributed by atoms with Crippen LogP contribution >= 0.6 is 0 Å². The van der Waals surface area contributed by atoms with Gasteiger partial charge in [-0.2, -0.15) is 5.10 Å². The maximum absolute atomic E-state index is 10.4. The molecular weight excluding hydrogens is 170 g/mol. The second-order valence-electron chi connectivity index (χ2n) is 3.11. The van der Waals surface area contributed by atoms with E-state index >= 15 is 0 Å². The van der Waals surface area contributed by atoms with Gasteiger partial charge in [0.2, 0.25) is 0 Å². The summed E-state index contributed by atoms with van der Waals surface area (Å²) in [4.78, 5) is 14.5. The van der Waals surface area contributed by atoms with Crippen molar-refractivity contribution in [2.24, 2.45) is 5.92 Å². The number of carbonyl (C=O) groups excluding carboxylic acids is 1.